The van der Waals surface area contributed by atoms with Crippen LogP contribution in [0.25, 0.3) is 0 Å². The first-order chi connectivity index (χ1) is 6.13. The Bertz CT molecular complexity index is 161. The van der Waals surface area contributed by atoms with Crippen molar-refractivity contribution < 1.29 is 26.3 Å². The molecule has 0 aromatic rings. The summed E-state index contributed by atoms with van der Waals surface area (Å²) in [4.78, 5) is 0. The Hall–Kier alpha value is -0.0700. The molecule has 7 heteroatoms. The fraction of sp³-hybridized carbons (Fsp3) is 1.00. The van der Waals surface area contributed by atoms with Crippen molar-refractivity contribution in [2.45, 2.75) is 43.3 Å². The fourth-order valence-corrected chi connectivity index (χ4v) is 0.952. The number of halogens is 6. The topological polar surface area (TPSA) is 0 Å². The molecule has 0 fully saturated rings. The van der Waals surface area contributed by atoms with Crippen LogP contribution in [0.5, 0.6) is 0 Å². The van der Waals surface area contributed by atoms with Gasteiger partial charge in [-0.1, -0.05) is 0 Å². The summed E-state index contributed by atoms with van der Waals surface area (Å²) < 4.78 is 71.2. The Morgan fingerprint density at radius 3 is 1.86 bits per heavy atom. The van der Waals surface area contributed by atoms with Gasteiger partial charge in [0.1, 0.15) is 0 Å². The molecule has 0 amide bonds. The molecule has 0 rings (SSSR count). The van der Waals surface area contributed by atoms with Gasteiger partial charge in [-0.15, -0.1) is 12.6 Å². The van der Waals surface area contributed by atoms with E-state index in [1.807, 2.05) is 0 Å². The number of alkyl halides is 6. The lowest BCUT2D eigenvalue weighted by Gasteiger charge is -2.14. The molecule has 0 aliphatic rings. The van der Waals surface area contributed by atoms with Gasteiger partial charge in [0.05, 0.1) is 0 Å². The molecular formula is C7H10F6S. The van der Waals surface area contributed by atoms with E-state index >= 15 is 0 Å². The Morgan fingerprint density at radius 2 is 1.50 bits per heavy atom. The van der Waals surface area contributed by atoms with Gasteiger partial charge in [0.15, 0.2) is 6.17 Å². The van der Waals surface area contributed by atoms with Crippen LogP contribution in [0.3, 0.4) is 0 Å². The van der Waals surface area contributed by atoms with Crippen molar-refractivity contribution in [2.75, 3.05) is 0 Å². The van der Waals surface area contributed by atoms with Gasteiger partial charge in [0.25, 0.3) is 0 Å². The summed E-state index contributed by atoms with van der Waals surface area (Å²) in [5.74, 6) is 0. The lowest BCUT2D eigenvalue weighted by Crippen LogP contribution is -2.23. The summed E-state index contributed by atoms with van der Waals surface area (Å²) in [7, 11) is 0. The first kappa shape index (κ1) is 13.9. The predicted molar refractivity (Wildman–Crippen MR) is 43.4 cm³/mol. The van der Waals surface area contributed by atoms with E-state index in [0.29, 0.717) is 0 Å². The standard InChI is InChI=1S/C7H10F6S/c8-5(7(12,13)14)3-1-2-4-6(9,10)11/h5,14H,1-4H2. The number of rotatable bonds is 5. The Balaban J connectivity index is 3.56. The van der Waals surface area contributed by atoms with E-state index in [-0.39, 0.29) is 12.8 Å². The van der Waals surface area contributed by atoms with E-state index < -0.39 is 30.4 Å². The number of thiol groups is 1. The fourth-order valence-electron chi connectivity index (χ4n) is 0.823. The Labute approximate surface area is 83.1 Å². The lowest BCUT2D eigenvalue weighted by atomic mass is 10.1. The van der Waals surface area contributed by atoms with Crippen LogP contribution in [0.4, 0.5) is 26.3 Å². The molecule has 0 aliphatic carbocycles. The van der Waals surface area contributed by atoms with Gasteiger partial charge in [-0.3, -0.25) is 0 Å². The summed E-state index contributed by atoms with van der Waals surface area (Å²) >= 11 is 2.68. The second-order valence-corrected chi connectivity index (χ2v) is 3.51. The summed E-state index contributed by atoms with van der Waals surface area (Å²) in [6, 6.07) is 0. The molecule has 14 heavy (non-hydrogen) atoms. The second-order valence-electron chi connectivity index (χ2n) is 2.92. The molecule has 0 aromatic heterocycles. The molecule has 0 saturated carbocycles. The molecule has 0 heterocycles. The summed E-state index contributed by atoms with van der Waals surface area (Å²) in [5, 5.41) is -3.77. The minimum Gasteiger partial charge on any atom is -0.240 e. The van der Waals surface area contributed by atoms with E-state index in [4.69, 9.17) is 0 Å². The van der Waals surface area contributed by atoms with Crippen LogP contribution in [0.2, 0.25) is 0 Å². The SMILES string of the molecule is FC(CCCCC(F)(F)F)C(F)(F)S. The maximum atomic E-state index is 12.4. The van der Waals surface area contributed by atoms with Gasteiger partial charge < -0.3 is 0 Å². The van der Waals surface area contributed by atoms with Gasteiger partial charge in [-0.2, -0.15) is 22.0 Å². The molecule has 0 nitrogen and oxygen atoms in total. The summed E-state index contributed by atoms with van der Waals surface area (Å²) in [5.41, 5.74) is 0. The maximum Gasteiger partial charge on any atom is 0.389 e. The van der Waals surface area contributed by atoms with Gasteiger partial charge in [0, 0.05) is 6.42 Å². The number of hydrogen-bond acceptors (Lipinski definition) is 1. The molecule has 0 bridgehead atoms. The number of hydrogen-bond donors (Lipinski definition) is 1. The van der Waals surface area contributed by atoms with Crippen LogP contribution in [-0.4, -0.2) is 17.6 Å². The van der Waals surface area contributed by atoms with Crippen LogP contribution < -0.4 is 0 Å². The van der Waals surface area contributed by atoms with E-state index in [0.717, 1.165) is 0 Å². The third kappa shape index (κ3) is 7.34. The van der Waals surface area contributed by atoms with Crippen molar-refractivity contribution in [1.29, 1.82) is 0 Å². The zero-order chi connectivity index (χ0) is 11.4. The van der Waals surface area contributed by atoms with Crippen LogP contribution in [0.1, 0.15) is 25.7 Å². The predicted octanol–water partition coefficient (Wildman–Crippen LogP) is 3.97. The number of unbranched alkanes of at least 4 members (excludes halogenated alkanes) is 1. The third-order valence-corrected chi connectivity index (χ3v) is 1.82. The van der Waals surface area contributed by atoms with E-state index in [1.165, 1.54) is 0 Å². The van der Waals surface area contributed by atoms with Gasteiger partial charge in [-0.05, 0) is 19.3 Å². The van der Waals surface area contributed by atoms with Crippen molar-refractivity contribution in [3.63, 3.8) is 0 Å². The first-order valence-corrected chi connectivity index (χ1v) is 4.38. The normalized spacial score (nSPS) is 15.6. The molecule has 0 aromatic carbocycles. The minimum atomic E-state index is -4.31. The van der Waals surface area contributed by atoms with Crippen LogP contribution in [-0.2, 0) is 0 Å². The molecular weight excluding hydrogens is 230 g/mol. The molecule has 0 aliphatic heterocycles. The van der Waals surface area contributed by atoms with E-state index in [1.54, 1.807) is 0 Å². The van der Waals surface area contributed by atoms with Crippen molar-refractivity contribution in [3.8, 4) is 0 Å². The molecule has 1 atom stereocenters. The minimum absolute atomic E-state index is 0.225. The highest BCUT2D eigenvalue weighted by Crippen LogP contribution is 2.30. The second kappa shape index (κ2) is 5.14. The van der Waals surface area contributed by atoms with Crippen molar-refractivity contribution in [2.24, 2.45) is 0 Å². The highest BCUT2D eigenvalue weighted by Gasteiger charge is 2.35. The molecule has 0 saturated heterocycles. The van der Waals surface area contributed by atoms with Gasteiger partial charge >= 0.3 is 11.4 Å². The average molecular weight is 240 g/mol. The van der Waals surface area contributed by atoms with Crippen molar-refractivity contribution in [1.82, 2.24) is 0 Å². The van der Waals surface area contributed by atoms with Gasteiger partial charge in [-0.25, -0.2) is 4.39 Å². The van der Waals surface area contributed by atoms with E-state index in [9.17, 15) is 26.3 Å². The summed E-state index contributed by atoms with van der Waals surface area (Å²) in [6.07, 6.45) is -9.04. The molecule has 0 spiro atoms. The monoisotopic (exact) mass is 240 g/mol. The molecule has 0 radical (unpaired) electrons. The zero-order valence-corrected chi connectivity index (χ0v) is 8.02. The maximum absolute atomic E-state index is 12.4. The lowest BCUT2D eigenvalue weighted by molar-refractivity contribution is -0.135. The highest BCUT2D eigenvalue weighted by molar-refractivity contribution is 7.81. The van der Waals surface area contributed by atoms with Crippen LogP contribution in [0, 0.1) is 0 Å². The third-order valence-electron chi connectivity index (χ3n) is 1.54. The zero-order valence-electron chi connectivity index (χ0n) is 7.12. The molecule has 86 valence electrons. The van der Waals surface area contributed by atoms with E-state index in [2.05, 4.69) is 12.6 Å². The quantitative estimate of drug-likeness (QED) is 0.419. The first-order valence-electron chi connectivity index (χ1n) is 3.94. The average Bonchev–Trinajstić information content (AvgIpc) is 1.93. The largest absolute Gasteiger partial charge is 0.389 e. The molecule has 1 unspecified atom stereocenters. The van der Waals surface area contributed by atoms with Crippen molar-refractivity contribution in [3.05, 3.63) is 0 Å². The Kier molecular flexibility index (Phi) is 5.11. The highest BCUT2D eigenvalue weighted by atomic mass is 32.1. The van der Waals surface area contributed by atoms with Gasteiger partial charge in [0.2, 0.25) is 0 Å². The smallest absolute Gasteiger partial charge is 0.240 e. The van der Waals surface area contributed by atoms with Crippen LogP contribution >= 0.6 is 12.6 Å². The van der Waals surface area contributed by atoms with Crippen LogP contribution in [0.15, 0.2) is 0 Å². The Morgan fingerprint density at radius 1 is 1.00 bits per heavy atom. The molecule has 0 N–H and O–H groups in total. The van der Waals surface area contributed by atoms with Crippen molar-refractivity contribution >= 4 is 12.6 Å². The summed E-state index contributed by atoms with van der Waals surface area (Å²) in [6.45, 7) is 0.